The van der Waals surface area contributed by atoms with Crippen LogP contribution in [0.3, 0.4) is 0 Å². The fourth-order valence-corrected chi connectivity index (χ4v) is 8.62. The van der Waals surface area contributed by atoms with Crippen LogP contribution >= 0.6 is 0 Å². The van der Waals surface area contributed by atoms with Crippen LogP contribution in [0, 0.1) is 0 Å². The lowest BCUT2D eigenvalue weighted by Crippen LogP contribution is -2.65. The number of phenolic OH excluding ortho intramolecular Hbond substituents is 2. The third-order valence-corrected chi connectivity index (χ3v) is 12.9. The van der Waals surface area contributed by atoms with Gasteiger partial charge >= 0.3 is 5.97 Å². The molecule has 0 amide bonds. The Morgan fingerprint density at radius 3 is 1.89 bits per heavy atom. The van der Waals surface area contributed by atoms with Crippen molar-refractivity contribution in [2.24, 2.45) is 0 Å². The molecule has 20 unspecified atom stereocenters. The maximum atomic E-state index is 14.7. The molecule has 0 spiro atoms. The topological polar surface area (TPSA) is 382 Å². The Kier molecular flexibility index (Phi) is 15.9. The second kappa shape index (κ2) is 21.7. The van der Waals surface area contributed by atoms with E-state index >= 15 is 0 Å². The van der Waals surface area contributed by atoms with Crippen LogP contribution in [-0.4, -0.2) is 204 Å². The molecule has 25 heteroatoms. The zero-order valence-electron chi connectivity index (χ0n) is 38.7. The Balaban J connectivity index is 1.13. The van der Waals surface area contributed by atoms with E-state index in [1.54, 1.807) is 12.1 Å². The number of ether oxygens (including phenoxy) is 10. The molecule has 8 rings (SSSR count). The van der Waals surface area contributed by atoms with Gasteiger partial charge < -0.3 is 113 Å². The Morgan fingerprint density at radius 2 is 1.22 bits per heavy atom. The van der Waals surface area contributed by atoms with Crippen LogP contribution in [0.2, 0.25) is 0 Å². The lowest BCUT2D eigenvalue weighted by molar-refractivity contribution is -0.360. The highest BCUT2D eigenvalue weighted by atomic mass is 16.8. The van der Waals surface area contributed by atoms with E-state index in [2.05, 4.69) is 0 Å². The molecular formula is C47H56O25. The fraction of sp³-hybridized carbons (Fsp3) is 0.532. The van der Waals surface area contributed by atoms with Gasteiger partial charge in [-0.3, -0.25) is 4.79 Å². The third kappa shape index (κ3) is 10.4. The fourth-order valence-electron chi connectivity index (χ4n) is 8.62. The molecule has 72 heavy (non-hydrogen) atoms. The van der Waals surface area contributed by atoms with E-state index in [-0.39, 0.29) is 34.0 Å². The number of rotatable bonds is 13. The molecule has 0 saturated carbocycles. The second-order valence-electron chi connectivity index (χ2n) is 17.8. The third-order valence-electron chi connectivity index (χ3n) is 12.9. The van der Waals surface area contributed by atoms with Crippen LogP contribution in [0.25, 0.3) is 22.3 Å². The number of hydrogen-bond acceptors (Lipinski definition) is 25. The van der Waals surface area contributed by atoms with Crippen molar-refractivity contribution in [3.05, 3.63) is 76.5 Å². The molecule has 4 aliphatic heterocycles. The van der Waals surface area contributed by atoms with Crippen LogP contribution in [0.1, 0.15) is 31.1 Å². The van der Waals surface area contributed by atoms with E-state index in [1.165, 1.54) is 64.3 Å². The summed E-state index contributed by atoms with van der Waals surface area (Å²) in [5.74, 6) is -3.25. The molecule has 394 valence electrons. The summed E-state index contributed by atoms with van der Waals surface area (Å²) in [5, 5.41) is 129. The van der Waals surface area contributed by atoms with Crippen molar-refractivity contribution in [2.45, 2.75) is 144 Å². The number of aliphatic hydroxyl groups excluding tert-OH is 10. The minimum atomic E-state index is -2.08. The maximum absolute atomic E-state index is 14.7. The quantitative estimate of drug-likeness (QED) is 0.0634. The first kappa shape index (κ1) is 53.0. The molecule has 3 aromatic carbocycles. The molecule has 20 atom stereocenters. The monoisotopic (exact) mass is 1020 g/mol. The average Bonchev–Trinajstić information content (AvgIpc) is 3.36. The van der Waals surface area contributed by atoms with Gasteiger partial charge in [0.05, 0.1) is 32.0 Å². The zero-order valence-corrected chi connectivity index (χ0v) is 38.7. The summed E-state index contributed by atoms with van der Waals surface area (Å²) in [5.41, 5.74) is -1.45. The van der Waals surface area contributed by atoms with Crippen molar-refractivity contribution < 1.29 is 118 Å². The number of fused-ring (bicyclic) bond motifs is 1. The van der Waals surface area contributed by atoms with Gasteiger partial charge in [-0.25, -0.2) is 4.79 Å². The molecule has 12 N–H and O–H groups in total. The summed E-state index contributed by atoms with van der Waals surface area (Å²) in [4.78, 5) is 28.0. The second-order valence-corrected chi connectivity index (χ2v) is 17.8. The minimum Gasteiger partial charge on any atom is -0.508 e. The van der Waals surface area contributed by atoms with Gasteiger partial charge in [0.25, 0.3) is 0 Å². The van der Waals surface area contributed by atoms with Crippen LogP contribution in [0.15, 0.2) is 69.9 Å². The molecule has 4 saturated heterocycles. The number of methoxy groups -OCH3 is 1. The van der Waals surface area contributed by atoms with Crippen LogP contribution in [0.5, 0.6) is 28.7 Å². The molecule has 4 aliphatic rings. The first-order valence-electron chi connectivity index (χ1n) is 22.7. The van der Waals surface area contributed by atoms with Gasteiger partial charge in [-0.15, -0.1) is 0 Å². The normalized spacial score (nSPS) is 37.2. The van der Waals surface area contributed by atoms with E-state index in [9.17, 15) is 70.9 Å². The smallest absolute Gasteiger partial charge is 0.342 e. The number of esters is 1. The average molecular weight is 1020 g/mol. The van der Waals surface area contributed by atoms with Crippen LogP contribution in [0.4, 0.5) is 0 Å². The van der Waals surface area contributed by atoms with E-state index in [1.807, 2.05) is 0 Å². The number of phenols is 2. The minimum absolute atomic E-state index is 0.00449. The highest BCUT2D eigenvalue weighted by molar-refractivity contribution is 5.92. The lowest BCUT2D eigenvalue weighted by atomic mass is 9.97. The number of aliphatic hydroxyl groups is 10. The number of carbonyl (C=O) groups excluding carboxylic acids is 1. The Bertz CT molecular complexity index is 2570. The summed E-state index contributed by atoms with van der Waals surface area (Å²) in [6, 6.07) is 13.3. The maximum Gasteiger partial charge on any atom is 0.342 e. The van der Waals surface area contributed by atoms with Crippen molar-refractivity contribution in [3.63, 3.8) is 0 Å². The molecule has 1 aromatic heterocycles. The molecule has 25 nitrogen and oxygen atoms in total. The number of benzene rings is 3. The standard InChI is InChI=1S/C47H56O25/c1-16-28(50)33(55)36(58)44(64-16)63-15-26-31(53)35(57)42(72-45-37(59)34(56)29(51)17(2)65-45)47(69-26)71-41-32(54)27-23(49)13-21(14-25(27)68-39(41)19-9-11-20(48)12-10-19)67-46-38(60)40(30(52)18(3)66-46)70-43(61)22-7-5-6-8-24(22)62-4/h5-14,16-18,26,28-31,33-38,40,42,44-53,55-60H,15H2,1-4H3. The Morgan fingerprint density at radius 1 is 0.611 bits per heavy atom. The van der Waals surface area contributed by atoms with E-state index in [0.29, 0.717) is 0 Å². The van der Waals surface area contributed by atoms with Gasteiger partial charge in [0.2, 0.25) is 23.8 Å². The SMILES string of the molecule is COc1ccccc1C(=O)OC1C(O)C(C)OC(Oc2cc(O)c3c(=O)c(OC4OC(COC5OC(C)C(O)C(O)C5O)C(O)C(O)C4OC4OC(C)C(O)C(O)C4O)c(-c4ccc(O)cc4)oc3c2)C1O. The first-order chi connectivity index (χ1) is 34.2. The summed E-state index contributed by atoms with van der Waals surface area (Å²) >= 11 is 0. The van der Waals surface area contributed by atoms with Crippen LogP contribution in [-0.2, 0) is 33.2 Å². The summed E-state index contributed by atoms with van der Waals surface area (Å²) in [6.07, 6.45) is -33.5. The van der Waals surface area contributed by atoms with Crippen molar-refractivity contribution in [1.29, 1.82) is 0 Å². The van der Waals surface area contributed by atoms with Crippen molar-refractivity contribution >= 4 is 16.9 Å². The first-order valence-corrected chi connectivity index (χ1v) is 22.7. The number of para-hydroxylation sites is 1. The molecule has 4 fully saturated rings. The predicted octanol–water partition coefficient (Wildman–Crippen LogP) is -2.17. The highest BCUT2D eigenvalue weighted by Crippen LogP contribution is 2.40. The van der Waals surface area contributed by atoms with E-state index in [0.717, 1.165) is 12.1 Å². The van der Waals surface area contributed by atoms with Crippen molar-refractivity contribution in [3.8, 4) is 40.1 Å². The molecular weight excluding hydrogens is 964 g/mol. The number of hydrogen-bond donors (Lipinski definition) is 12. The van der Waals surface area contributed by atoms with Crippen molar-refractivity contribution in [1.82, 2.24) is 0 Å². The van der Waals surface area contributed by atoms with Gasteiger partial charge in [-0.1, -0.05) is 12.1 Å². The summed E-state index contributed by atoms with van der Waals surface area (Å²) < 4.78 is 63.5. The number of carbonyl (C=O) groups is 1. The summed E-state index contributed by atoms with van der Waals surface area (Å²) in [6.45, 7) is 3.44. The van der Waals surface area contributed by atoms with Gasteiger partial charge in [0.1, 0.15) is 101 Å². The van der Waals surface area contributed by atoms with Gasteiger partial charge in [-0.05, 0) is 57.2 Å². The van der Waals surface area contributed by atoms with Gasteiger partial charge in [0, 0.05) is 17.7 Å². The molecule has 4 aromatic rings. The largest absolute Gasteiger partial charge is 0.508 e. The highest BCUT2D eigenvalue weighted by Gasteiger charge is 2.53. The Hall–Kier alpha value is -5.30. The predicted molar refractivity (Wildman–Crippen MR) is 237 cm³/mol. The van der Waals surface area contributed by atoms with Crippen LogP contribution < -0.4 is 19.6 Å². The van der Waals surface area contributed by atoms with E-state index in [4.69, 9.17) is 51.8 Å². The molecule has 5 heterocycles. The lowest BCUT2D eigenvalue weighted by Gasteiger charge is -2.46. The van der Waals surface area contributed by atoms with Gasteiger partial charge in [-0.2, -0.15) is 0 Å². The zero-order chi connectivity index (χ0) is 52.0. The van der Waals surface area contributed by atoms with Crippen molar-refractivity contribution in [2.75, 3.05) is 13.7 Å². The van der Waals surface area contributed by atoms with E-state index < -0.39 is 163 Å². The molecule has 0 radical (unpaired) electrons. The number of aromatic hydroxyl groups is 2. The Labute approximate surface area is 407 Å². The molecule has 0 bridgehead atoms. The summed E-state index contributed by atoms with van der Waals surface area (Å²) in [7, 11) is 1.34. The molecule has 0 aliphatic carbocycles. The van der Waals surface area contributed by atoms with Gasteiger partial charge in [0.15, 0.2) is 36.7 Å².